The fourth-order valence-corrected chi connectivity index (χ4v) is 2.33. The highest BCUT2D eigenvalue weighted by molar-refractivity contribution is 5.94. The van der Waals surface area contributed by atoms with Crippen LogP contribution in [0.3, 0.4) is 0 Å². The van der Waals surface area contributed by atoms with Crippen LogP contribution in [0.1, 0.15) is 21.5 Å². The van der Waals surface area contributed by atoms with Crippen molar-refractivity contribution in [1.82, 2.24) is 25.2 Å². The number of anilines is 2. The summed E-state index contributed by atoms with van der Waals surface area (Å²) in [4.78, 5) is 19.7. The normalized spacial score (nSPS) is 10.3. The number of benzene rings is 1. The van der Waals surface area contributed by atoms with Crippen molar-refractivity contribution in [3.05, 3.63) is 65.9 Å². The third-order valence-corrected chi connectivity index (χ3v) is 3.50. The zero-order chi connectivity index (χ0) is 17.6. The van der Waals surface area contributed by atoms with E-state index >= 15 is 0 Å². The molecule has 3 N–H and O–H groups in total. The molecule has 0 aliphatic heterocycles. The van der Waals surface area contributed by atoms with E-state index in [1.807, 2.05) is 19.2 Å². The number of aryl methyl sites for hydroxylation is 2. The second kappa shape index (κ2) is 7.43. The first-order valence-corrected chi connectivity index (χ1v) is 7.76. The first-order valence-electron chi connectivity index (χ1n) is 7.76. The Morgan fingerprint density at radius 1 is 1.24 bits per heavy atom. The number of amides is 1. The van der Waals surface area contributed by atoms with Crippen molar-refractivity contribution in [1.29, 1.82) is 0 Å². The lowest BCUT2D eigenvalue weighted by Crippen LogP contribution is -2.29. The number of hydrazine groups is 1. The van der Waals surface area contributed by atoms with Crippen LogP contribution in [0.2, 0.25) is 0 Å². The SMILES string of the molecule is Cc1cccc(CNc2nn(C)cc2NNC(=O)c2cncnc2)c1. The molecular formula is C17H19N7O. The summed E-state index contributed by atoms with van der Waals surface area (Å²) >= 11 is 0. The maximum atomic E-state index is 12.1. The molecule has 0 spiro atoms. The fraction of sp³-hybridized carbons (Fsp3) is 0.176. The van der Waals surface area contributed by atoms with Crippen molar-refractivity contribution < 1.29 is 4.79 Å². The largest absolute Gasteiger partial charge is 0.363 e. The third kappa shape index (κ3) is 4.31. The Morgan fingerprint density at radius 3 is 2.80 bits per heavy atom. The molecule has 0 radical (unpaired) electrons. The monoisotopic (exact) mass is 337 g/mol. The van der Waals surface area contributed by atoms with Gasteiger partial charge in [0.2, 0.25) is 0 Å². The van der Waals surface area contributed by atoms with Gasteiger partial charge in [0.1, 0.15) is 12.0 Å². The minimum absolute atomic E-state index is 0.325. The van der Waals surface area contributed by atoms with Crippen molar-refractivity contribution in [2.45, 2.75) is 13.5 Å². The number of rotatable bonds is 6. The number of nitrogens with zero attached hydrogens (tertiary/aromatic N) is 4. The first kappa shape index (κ1) is 16.4. The predicted molar refractivity (Wildman–Crippen MR) is 94.8 cm³/mol. The number of nitrogens with one attached hydrogen (secondary N) is 3. The third-order valence-electron chi connectivity index (χ3n) is 3.50. The summed E-state index contributed by atoms with van der Waals surface area (Å²) in [5.74, 6) is 0.322. The average Bonchev–Trinajstić information content (AvgIpc) is 2.98. The number of hydrogen-bond acceptors (Lipinski definition) is 6. The Morgan fingerprint density at radius 2 is 2.04 bits per heavy atom. The maximum Gasteiger partial charge on any atom is 0.272 e. The minimum Gasteiger partial charge on any atom is -0.363 e. The van der Waals surface area contributed by atoms with E-state index in [1.54, 1.807) is 10.9 Å². The number of aromatic nitrogens is 4. The molecule has 3 rings (SSSR count). The van der Waals surface area contributed by atoms with E-state index in [0.29, 0.717) is 23.6 Å². The standard InChI is InChI=1S/C17H19N7O/c1-12-4-3-5-13(6-12)7-20-16-15(10-24(2)23-16)21-22-17(25)14-8-18-11-19-9-14/h3-6,8-11,21H,7H2,1-2H3,(H,20,23)(H,22,25). The molecule has 0 atom stereocenters. The zero-order valence-electron chi connectivity index (χ0n) is 14.0. The number of hydrogen-bond donors (Lipinski definition) is 3. The molecule has 2 heterocycles. The molecule has 0 aliphatic rings. The van der Waals surface area contributed by atoms with E-state index in [9.17, 15) is 4.79 Å². The Balaban J connectivity index is 1.63. The van der Waals surface area contributed by atoms with Gasteiger partial charge in [-0.05, 0) is 12.5 Å². The Kier molecular flexibility index (Phi) is 4.89. The van der Waals surface area contributed by atoms with Crippen molar-refractivity contribution in [2.75, 3.05) is 10.7 Å². The van der Waals surface area contributed by atoms with Crippen molar-refractivity contribution in [3.8, 4) is 0 Å². The molecule has 0 aliphatic carbocycles. The highest BCUT2D eigenvalue weighted by Gasteiger charge is 2.10. The first-order chi connectivity index (χ1) is 12.1. The Labute approximate surface area is 145 Å². The van der Waals surface area contributed by atoms with Crippen LogP contribution >= 0.6 is 0 Å². The van der Waals surface area contributed by atoms with Gasteiger partial charge < -0.3 is 5.32 Å². The van der Waals surface area contributed by atoms with Gasteiger partial charge in [0.25, 0.3) is 5.91 Å². The van der Waals surface area contributed by atoms with E-state index in [4.69, 9.17) is 0 Å². The average molecular weight is 337 g/mol. The van der Waals surface area contributed by atoms with Crippen molar-refractivity contribution >= 4 is 17.4 Å². The summed E-state index contributed by atoms with van der Waals surface area (Å²) in [5, 5.41) is 7.64. The van der Waals surface area contributed by atoms with Crippen LogP contribution in [-0.2, 0) is 13.6 Å². The van der Waals surface area contributed by atoms with Gasteiger partial charge in [-0.1, -0.05) is 29.8 Å². The quantitative estimate of drug-likeness (QED) is 0.594. The van der Waals surface area contributed by atoms with E-state index in [0.717, 1.165) is 5.56 Å². The lowest BCUT2D eigenvalue weighted by atomic mass is 10.1. The second-order valence-electron chi connectivity index (χ2n) is 5.61. The molecule has 0 bridgehead atoms. The van der Waals surface area contributed by atoms with Crippen LogP contribution in [0, 0.1) is 6.92 Å². The van der Waals surface area contributed by atoms with E-state index in [1.165, 1.54) is 24.3 Å². The molecular weight excluding hydrogens is 318 g/mol. The molecule has 3 aromatic rings. The van der Waals surface area contributed by atoms with Gasteiger partial charge in [0, 0.05) is 26.0 Å². The van der Waals surface area contributed by atoms with Gasteiger partial charge in [-0.25, -0.2) is 9.97 Å². The molecule has 0 fully saturated rings. The van der Waals surface area contributed by atoms with Crippen molar-refractivity contribution in [3.63, 3.8) is 0 Å². The highest BCUT2D eigenvalue weighted by atomic mass is 16.2. The molecule has 25 heavy (non-hydrogen) atoms. The van der Waals surface area contributed by atoms with E-state index in [-0.39, 0.29) is 5.91 Å². The topological polar surface area (TPSA) is 96.8 Å². The minimum atomic E-state index is -0.325. The van der Waals surface area contributed by atoms with Gasteiger partial charge in [0.15, 0.2) is 5.82 Å². The van der Waals surface area contributed by atoms with Crippen LogP contribution in [0.5, 0.6) is 0 Å². The molecule has 0 unspecified atom stereocenters. The molecule has 8 nitrogen and oxygen atoms in total. The highest BCUT2D eigenvalue weighted by Crippen LogP contribution is 2.19. The van der Waals surface area contributed by atoms with Gasteiger partial charge in [-0.2, -0.15) is 5.10 Å². The molecule has 0 saturated heterocycles. The molecule has 2 aromatic heterocycles. The number of carbonyl (C=O) groups excluding carboxylic acids is 1. The second-order valence-corrected chi connectivity index (χ2v) is 5.61. The summed E-state index contributed by atoms with van der Waals surface area (Å²) in [6, 6.07) is 8.24. The summed E-state index contributed by atoms with van der Waals surface area (Å²) in [6.07, 6.45) is 6.05. The molecule has 128 valence electrons. The van der Waals surface area contributed by atoms with E-state index < -0.39 is 0 Å². The molecule has 1 aromatic carbocycles. The zero-order valence-corrected chi connectivity index (χ0v) is 14.0. The molecule has 0 saturated carbocycles. The fourth-order valence-electron chi connectivity index (χ4n) is 2.33. The smallest absolute Gasteiger partial charge is 0.272 e. The molecule has 1 amide bonds. The van der Waals surface area contributed by atoms with Gasteiger partial charge in [-0.15, -0.1) is 0 Å². The molecule has 8 heteroatoms. The van der Waals surface area contributed by atoms with Crippen LogP contribution in [-0.4, -0.2) is 25.7 Å². The predicted octanol–water partition coefficient (Wildman–Crippen LogP) is 1.89. The number of carbonyl (C=O) groups is 1. The van der Waals surface area contributed by atoms with E-state index in [2.05, 4.69) is 50.3 Å². The maximum absolute atomic E-state index is 12.1. The lowest BCUT2D eigenvalue weighted by molar-refractivity contribution is 0.0962. The van der Waals surface area contributed by atoms with Crippen molar-refractivity contribution in [2.24, 2.45) is 7.05 Å². The summed E-state index contributed by atoms with van der Waals surface area (Å²) in [5.41, 5.74) is 8.89. The summed E-state index contributed by atoms with van der Waals surface area (Å²) in [6.45, 7) is 2.69. The van der Waals surface area contributed by atoms with Crippen LogP contribution in [0.25, 0.3) is 0 Å². The van der Waals surface area contributed by atoms with Crippen LogP contribution in [0.4, 0.5) is 11.5 Å². The van der Waals surface area contributed by atoms with Gasteiger partial charge in [0.05, 0.1) is 11.8 Å². The van der Waals surface area contributed by atoms with Gasteiger partial charge >= 0.3 is 0 Å². The lowest BCUT2D eigenvalue weighted by Gasteiger charge is -2.10. The van der Waals surface area contributed by atoms with Crippen LogP contribution in [0.15, 0.2) is 49.2 Å². The van der Waals surface area contributed by atoms with Crippen LogP contribution < -0.4 is 16.2 Å². The summed E-state index contributed by atoms with van der Waals surface area (Å²) in [7, 11) is 1.82. The summed E-state index contributed by atoms with van der Waals surface area (Å²) < 4.78 is 1.67. The van der Waals surface area contributed by atoms with Gasteiger partial charge in [-0.3, -0.25) is 20.3 Å². The Hall–Kier alpha value is -3.42. The Bertz CT molecular complexity index is 860.